The van der Waals surface area contributed by atoms with Crippen LogP contribution in [-0.4, -0.2) is 35.8 Å². The van der Waals surface area contributed by atoms with Gasteiger partial charge in [-0.3, -0.25) is 0 Å². The molecule has 2 aliphatic heterocycles. The molecule has 1 saturated heterocycles. The highest BCUT2D eigenvalue weighted by molar-refractivity contribution is 5.64. The topological polar surface area (TPSA) is 50.3 Å². The zero-order valence-corrected chi connectivity index (χ0v) is 14.2. The molecule has 0 aliphatic carbocycles. The van der Waals surface area contributed by atoms with Crippen LogP contribution in [0, 0.1) is 6.92 Å². The average molecular weight is 324 g/mol. The van der Waals surface area contributed by atoms with Crippen LogP contribution in [0.1, 0.15) is 30.5 Å². The number of para-hydroxylation sites is 1. The van der Waals surface area contributed by atoms with Crippen LogP contribution in [0.15, 0.2) is 30.3 Å². The van der Waals surface area contributed by atoms with E-state index < -0.39 is 0 Å². The van der Waals surface area contributed by atoms with E-state index in [0.717, 1.165) is 62.8 Å². The van der Waals surface area contributed by atoms with Crippen molar-refractivity contribution in [1.82, 2.24) is 9.97 Å². The number of aryl methyl sites for hydroxylation is 2. The molecular formula is C19H24N4O. The summed E-state index contributed by atoms with van der Waals surface area (Å²) in [7, 11) is 0. The minimum atomic E-state index is 0.305. The number of rotatable bonds is 4. The maximum absolute atomic E-state index is 5.68. The average Bonchev–Trinajstić information content (AvgIpc) is 3.12. The van der Waals surface area contributed by atoms with Gasteiger partial charge in [0.25, 0.3) is 0 Å². The molecule has 1 N–H and O–H groups in total. The fraction of sp³-hybridized carbons (Fsp3) is 0.474. The van der Waals surface area contributed by atoms with E-state index in [-0.39, 0.29) is 0 Å². The van der Waals surface area contributed by atoms with Gasteiger partial charge in [0.2, 0.25) is 5.95 Å². The number of benzene rings is 1. The molecule has 0 amide bonds. The standard InChI is InChI=1S/C19H24N4O/c1-14-12-18(20-13-16-8-5-11-24-16)22-19(21-14)23-10-4-7-15-6-2-3-9-17(15)23/h2-3,6,9,12,16H,4-5,7-8,10-11,13H2,1H3,(H,20,21,22). The van der Waals surface area contributed by atoms with Crippen molar-refractivity contribution in [1.29, 1.82) is 0 Å². The molecule has 0 bridgehead atoms. The third-order valence-corrected chi connectivity index (χ3v) is 4.73. The lowest BCUT2D eigenvalue weighted by molar-refractivity contribution is 0.120. The molecule has 1 aromatic carbocycles. The molecule has 1 aromatic heterocycles. The van der Waals surface area contributed by atoms with Gasteiger partial charge in [0, 0.05) is 37.1 Å². The lowest BCUT2D eigenvalue weighted by atomic mass is 10.0. The van der Waals surface area contributed by atoms with Gasteiger partial charge < -0.3 is 15.0 Å². The summed E-state index contributed by atoms with van der Waals surface area (Å²) in [6, 6.07) is 10.6. The maximum Gasteiger partial charge on any atom is 0.232 e. The number of nitrogens with zero attached hydrogens (tertiary/aromatic N) is 3. The third kappa shape index (κ3) is 3.22. The van der Waals surface area contributed by atoms with Gasteiger partial charge in [-0.25, -0.2) is 4.98 Å². The van der Waals surface area contributed by atoms with Crippen LogP contribution in [0.25, 0.3) is 0 Å². The number of fused-ring (bicyclic) bond motifs is 1. The van der Waals surface area contributed by atoms with Crippen molar-refractivity contribution in [2.24, 2.45) is 0 Å². The van der Waals surface area contributed by atoms with Gasteiger partial charge in [-0.2, -0.15) is 4.98 Å². The zero-order valence-electron chi connectivity index (χ0n) is 14.2. The second-order valence-corrected chi connectivity index (χ2v) is 6.59. The van der Waals surface area contributed by atoms with Crippen LogP contribution >= 0.6 is 0 Å². The fourth-order valence-corrected chi connectivity index (χ4v) is 3.53. The Morgan fingerprint density at radius 1 is 1.25 bits per heavy atom. The highest BCUT2D eigenvalue weighted by atomic mass is 16.5. The Morgan fingerprint density at radius 3 is 3.04 bits per heavy atom. The SMILES string of the molecule is Cc1cc(NCC2CCCO2)nc(N2CCCc3ccccc32)n1. The molecule has 0 saturated carbocycles. The third-order valence-electron chi connectivity index (χ3n) is 4.73. The van der Waals surface area contributed by atoms with Gasteiger partial charge in [-0.1, -0.05) is 18.2 Å². The van der Waals surface area contributed by atoms with Crippen LogP contribution in [0.3, 0.4) is 0 Å². The van der Waals surface area contributed by atoms with Crippen molar-refractivity contribution >= 4 is 17.5 Å². The van der Waals surface area contributed by atoms with Crippen LogP contribution in [-0.2, 0) is 11.2 Å². The Morgan fingerprint density at radius 2 is 2.17 bits per heavy atom. The van der Waals surface area contributed by atoms with Crippen molar-refractivity contribution in [2.45, 2.75) is 38.7 Å². The predicted octanol–water partition coefficient (Wildman–Crippen LogP) is 3.46. The lowest BCUT2D eigenvalue weighted by Crippen LogP contribution is -2.27. The summed E-state index contributed by atoms with van der Waals surface area (Å²) >= 11 is 0. The number of nitrogens with one attached hydrogen (secondary N) is 1. The minimum absolute atomic E-state index is 0.305. The highest BCUT2D eigenvalue weighted by Gasteiger charge is 2.21. The summed E-state index contributed by atoms with van der Waals surface area (Å²) in [4.78, 5) is 11.7. The Kier molecular flexibility index (Phi) is 4.34. The maximum atomic E-state index is 5.68. The van der Waals surface area contributed by atoms with Crippen LogP contribution in [0.4, 0.5) is 17.5 Å². The van der Waals surface area contributed by atoms with E-state index in [1.807, 2.05) is 13.0 Å². The molecule has 1 unspecified atom stereocenters. The second kappa shape index (κ2) is 6.77. The van der Waals surface area contributed by atoms with E-state index >= 15 is 0 Å². The lowest BCUT2D eigenvalue weighted by Gasteiger charge is -2.29. The molecule has 3 heterocycles. The van der Waals surface area contributed by atoms with Crippen molar-refractivity contribution < 1.29 is 4.74 Å². The van der Waals surface area contributed by atoms with Crippen LogP contribution in [0.2, 0.25) is 0 Å². The molecule has 2 aliphatic rings. The largest absolute Gasteiger partial charge is 0.376 e. The number of hydrogen-bond donors (Lipinski definition) is 1. The number of aromatic nitrogens is 2. The van der Waals surface area contributed by atoms with E-state index in [4.69, 9.17) is 9.72 Å². The number of anilines is 3. The molecular weight excluding hydrogens is 300 g/mol. The van der Waals surface area contributed by atoms with E-state index in [0.29, 0.717) is 6.10 Å². The Labute approximate surface area is 143 Å². The number of ether oxygens (including phenoxy) is 1. The smallest absolute Gasteiger partial charge is 0.232 e. The first-order chi connectivity index (χ1) is 11.8. The zero-order chi connectivity index (χ0) is 16.4. The van der Waals surface area contributed by atoms with Gasteiger partial charge in [0.05, 0.1) is 6.10 Å². The van der Waals surface area contributed by atoms with Gasteiger partial charge >= 0.3 is 0 Å². The van der Waals surface area contributed by atoms with E-state index in [1.165, 1.54) is 11.3 Å². The van der Waals surface area contributed by atoms with Crippen molar-refractivity contribution in [3.63, 3.8) is 0 Å². The molecule has 126 valence electrons. The highest BCUT2D eigenvalue weighted by Crippen LogP contribution is 2.31. The van der Waals surface area contributed by atoms with Crippen molar-refractivity contribution in [2.75, 3.05) is 29.9 Å². The molecule has 24 heavy (non-hydrogen) atoms. The Bertz CT molecular complexity index is 712. The number of hydrogen-bond acceptors (Lipinski definition) is 5. The van der Waals surface area contributed by atoms with Crippen molar-refractivity contribution in [3.05, 3.63) is 41.6 Å². The first-order valence-corrected chi connectivity index (χ1v) is 8.86. The molecule has 1 fully saturated rings. The second-order valence-electron chi connectivity index (χ2n) is 6.59. The first kappa shape index (κ1) is 15.4. The van der Waals surface area contributed by atoms with Crippen molar-refractivity contribution in [3.8, 4) is 0 Å². The van der Waals surface area contributed by atoms with Gasteiger partial charge in [-0.05, 0) is 44.2 Å². The van der Waals surface area contributed by atoms with Gasteiger partial charge in [0.1, 0.15) is 5.82 Å². The van der Waals surface area contributed by atoms with Crippen LogP contribution < -0.4 is 10.2 Å². The molecule has 1 atom stereocenters. The summed E-state index contributed by atoms with van der Waals surface area (Å²) in [5.41, 5.74) is 3.60. The molecule has 0 spiro atoms. The van der Waals surface area contributed by atoms with Gasteiger partial charge in [0.15, 0.2) is 0 Å². The quantitative estimate of drug-likeness (QED) is 0.933. The Hall–Kier alpha value is -2.14. The van der Waals surface area contributed by atoms with Crippen LogP contribution in [0.5, 0.6) is 0 Å². The summed E-state index contributed by atoms with van der Waals surface area (Å²) in [5.74, 6) is 1.67. The summed E-state index contributed by atoms with van der Waals surface area (Å²) < 4.78 is 5.68. The summed E-state index contributed by atoms with van der Waals surface area (Å²) in [6.07, 6.45) is 4.85. The molecule has 0 radical (unpaired) electrons. The normalized spacial score (nSPS) is 20.0. The minimum Gasteiger partial charge on any atom is -0.376 e. The summed E-state index contributed by atoms with van der Waals surface area (Å²) in [5, 5.41) is 3.43. The van der Waals surface area contributed by atoms with E-state index in [9.17, 15) is 0 Å². The van der Waals surface area contributed by atoms with E-state index in [2.05, 4.69) is 39.5 Å². The summed E-state index contributed by atoms with van der Waals surface area (Å²) in [6.45, 7) is 4.68. The fourth-order valence-electron chi connectivity index (χ4n) is 3.53. The molecule has 5 nitrogen and oxygen atoms in total. The Balaban J connectivity index is 1.57. The molecule has 5 heteroatoms. The predicted molar refractivity (Wildman–Crippen MR) is 96.0 cm³/mol. The molecule has 2 aromatic rings. The first-order valence-electron chi connectivity index (χ1n) is 8.86. The van der Waals surface area contributed by atoms with Gasteiger partial charge in [-0.15, -0.1) is 0 Å². The monoisotopic (exact) mass is 324 g/mol. The molecule has 4 rings (SSSR count). The van der Waals surface area contributed by atoms with E-state index in [1.54, 1.807) is 0 Å².